The molecule has 0 atom stereocenters. The highest BCUT2D eigenvalue weighted by atomic mass is 15.0. The van der Waals surface area contributed by atoms with Crippen molar-refractivity contribution in [3.63, 3.8) is 0 Å². The largest absolute Gasteiger partial charge is 0.309 e. The smallest absolute Gasteiger partial charge is 0.164 e. The van der Waals surface area contributed by atoms with Crippen molar-refractivity contribution in [1.82, 2.24) is 29.5 Å². The summed E-state index contributed by atoms with van der Waals surface area (Å²) in [5.41, 5.74) is 10.3. The summed E-state index contributed by atoms with van der Waals surface area (Å²) in [7, 11) is 0. The topological polar surface area (TPSA) is 69.4 Å². The molecule has 0 fully saturated rings. The van der Waals surface area contributed by atoms with Crippen LogP contribution in [0.2, 0.25) is 0 Å². The number of aromatic nitrogens is 6. The van der Waals surface area contributed by atoms with Crippen LogP contribution in [-0.2, 0) is 0 Å². The fraction of sp³-hybridized carbons (Fsp3) is 0. The van der Waals surface area contributed by atoms with E-state index in [2.05, 4.69) is 114 Å². The summed E-state index contributed by atoms with van der Waals surface area (Å²) in [6, 6.07) is 59.2. The molecule has 3 heterocycles. The summed E-state index contributed by atoms with van der Waals surface area (Å²) in [4.78, 5) is 24.3. The van der Waals surface area contributed by atoms with Crippen molar-refractivity contribution >= 4 is 54.4 Å². The first-order valence-electron chi connectivity index (χ1n) is 18.3. The Morgan fingerprint density at radius 2 is 0.782 bits per heavy atom. The fourth-order valence-corrected chi connectivity index (χ4v) is 7.99. The Morgan fingerprint density at radius 3 is 1.40 bits per heavy atom. The zero-order valence-electron chi connectivity index (χ0n) is 29.5. The van der Waals surface area contributed by atoms with Crippen LogP contribution in [-0.4, -0.2) is 29.5 Å². The van der Waals surface area contributed by atoms with Gasteiger partial charge in [-0.1, -0.05) is 152 Å². The van der Waals surface area contributed by atoms with E-state index >= 15 is 0 Å². The SMILES string of the molecule is c1ccc(-c2nc(-c3ccccc3)nc(-c3ccc(-c4ccc(-n5c6ccccc6c6ccc7c8nccnc8c8ccccc8c7c65)cc4)cc3)n2)cc1. The quantitative estimate of drug-likeness (QED) is 0.167. The average Bonchev–Trinajstić information content (AvgIpc) is 3.61. The van der Waals surface area contributed by atoms with Gasteiger partial charge in [0.2, 0.25) is 0 Å². The highest BCUT2D eigenvalue weighted by molar-refractivity contribution is 6.32. The standard InChI is InChI=1S/C49H30N6/c1-3-11-33(12-4-1)47-52-48(34-13-5-2-6-14-34)54-49(53-47)35-21-19-31(20-22-35)32-23-25-36(26-24-32)55-42-18-10-9-15-37(42)40-27-28-41-43(46(40)55)38-16-7-8-17-39(38)44-45(41)51-30-29-50-44/h1-30H. The van der Waals surface area contributed by atoms with Gasteiger partial charge in [0.15, 0.2) is 17.5 Å². The zero-order chi connectivity index (χ0) is 36.3. The van der Waals surface area contributed by atoms with E-state index in [1.165, 1.54) is 27.1 Å². The van der Waals surface area contributed by atoms with Gasteiger partial charge in [0.05, 0.1) is 22.1 Å². The third kappa shape index (κ3) is 5.07. The first kappa shape index (κ1) is 31.0. The maximum absolute atomic E-state index is 4.92. The van der Waals surface area contributed by atoms with E-state index < -0.39 is 0 Å². The molecule has 0 saturated heterocycles. The molecule has 0 bridgehead atoms. The van der Waals surface area contributed by atoms with E-state index in [0.717, 1.165) is 60.8 Å². The van der Waals surface area contributed by atoms with Gasteiger partial charge in [0.1, 0.15) is 0 Å². The van der Waals surface area contributed by atoms with Crippen LogP contribution in [0.25, 0.3) is 105 Å². The van der Waals surface area contributed by atoms with Crippen LogP contribution < -0.4 is 0 Å². The minimum absolute atomic E-state index is 0.638. The highest BCUT2D eigenvalue weighted by Crippen LogP contribution is 2.42. The predicted octanol–water partition coefficient (Wildman–Crippen LogP) is 11.9. The lowest BCUT2D eigenvalue weighted by Crippen LogP contribution is -2.00. The molecule has 11 rings (SSSR count). The van der Waals surface area contributed by atoms with Crippen LogP contribution in [0.1, 0.15) is 0 Å². The maximum Gasteiger partial charge on any atom is 0.164 e. The molecule has 8 aromatic carbocycles. The van der Waals surface area contributed by atoms with E-state index in [1.807, 2.05) is 60.7 Å². The molecule has 11 aromatic rings. The molecule has 0 aliphatic carbocycles. The van der Waals surface area contributed by atoms with Gasteiger partial charge < -0.3 is 4.57 Å². The molecule has 0 aliphatic heterocycles. The Balaban J connectivity index is 1.02. The average molecular weight is 703 g/mol. The van der Waals surface area contributed by atoms with Gasteiger partial charge >= 0.3 is 0 Å². The molecule has 6 heteroatoms. The molecule has 0 aliphatic rings. The van der Waals surface area contributed by atoms with Crippen LogP contribution in [0.15, 0.2) is 182 Å². The Morgan fingerprint density at radius 1 is 0.327 bits per heavy atom. The summed E-state index contributed by atoms with van der Waals surface area (Å²) < 4.78 is 2.41. The number of para-hydroxylation sites is 1. The monoisotopic (exact) mass is 702 g/mol. The predicted molar refractivity (Wildman–Crippen MR) is 224 cm³/mol. The van der Waals surface area contributed by atoms with E-state index in [9.17, 15) is 0 Å². The number of nitrogens with zero attached hydrogens (tertiary/aromatic N) is 6. The van der Waals surface area contributed by atoms with Gasteiger partial charge in [0.25, 0.3) is 0 Å². The lowest BCUT2D eigenvalue weighted by atomic mass is 9.97. The molecule has 0 saturated carbocycles. The summed E-state index contributed by atoms with van der Waals surface area (Å²) in [6.07, 6.45) is 3.57. The van der Waals surface area contributed by atoms with Gasteiger partial charge in [-0.3, -0.25) is 9.97 Å². The number of benzene rings is 8. The van der Waals surface area contributed by atoms with Crippen LogP contribution in [0, 0.1) is 0 Å². The second-order valence-electron chi connectivity index (χ2n) is 13.7. The Labute approximate surface area is 316 Å². The van der Waals surface area contributed by atoms with Crippen LogP contribution >= 0.6 is 0 Å². The third-order valence-corrected chi connectivity index (χ3v) is 10.5. The first-order valence-corrected chi connectivity index (χ1v) is 18.3. The molecular weight excluding hydrogens is 673 g/mol. The second-order valence-corrected chi connectivity index (χ2v) is 13.7. The van der Waals surface area contributed by atoms with Gasteiger partial charge in [-0.25, -0.2) is 15.0 Å². The Hall–Kier alpha value is -7.57. The molecule has 3 aromatic heterocycles. The van der Waals surface area contributed by atoms with Crippen molar-refractivity contribution < 1.29 is 0 Å². The van der Waals surface area contributed by atoms with E-state index in [0.29, 0.717) is 17.5 Å². The normalized spacial score (nSPS) is 11.6. The van der Waals surface area contributed by atoms with Gasteiger partial charge in [-0.05, 0) is 34.7 Å². The van der Waals surface area contributed by atoms with Crippen molar-refractivity contribution in [2.24, 2.45) is 0 Å². The Kier molecular flexibility index (Phi) is 7.07. The summed E-state index contributed by atoms with van der Waals surface area (Å²) in [6.45, 7) is 0. The number of rotatable bonds is 5. The van der Waals surface area contributed by atoms with Gasteiger partial charge in [-0.15, -0.1) is 0 Å². The lowest BCUT2D eigenvalue weighted by molar-refractivity contribution is 1.07. The molecule has 0 N–H and O–H groups in total. The van der Waals surface area contributed by atoms with E-state index in [4.69, 9.17) is 24.9 Å². The zero-order valence-corrected chi connectivity index (χ0v) is 29.5. The molecule has 55 heavy (non-hydrogen) atoms. The molecule has 6 nitrogen and oxygen atoms in total. The lowest BCUT2D eigenvalue weighted by Gasteiger charge is -2.14. The minimum Gasteiger partial charge on any atom is -0.309 e. The molecule has 0 radical (unpaired) electrons. The van der Waals surface area contributed by atoms with E-state index in [1.54, 1.807) is 12.4 Å². The third-order valence-electron chi connectivity index (χ3n) is 10.5. The van der Waals surface area contributed by atoms with Gasteiger partial charge in [-0.2, -0.15) is 0 Å². The maximum atomic E-state index is 4.92. The van der Waals surface area contributed by atoms with Crippen molar-refractivity contribution in [3.05, 3.63) is 182 Å². The first-order chi connectivity index (χ1) is 27.3. The number of hydrogen-bond acceptors (Lipinski definition) is 5. The van der Waals surface area contributed by atoms with Crippen molar-refractivity contribution in [1.29, 1.82) is 0 Å². The summed E-state index contributed by atoms with van der Waals surface area (Å²) in [5, 5.41) is 6.97. The molecule has 0 spiro atoms. The van der Waals surface area contributed by atoms with Crippen molar-refractivity contribution in [2.75, 3.05) is 0 Å². The van der Waals surface area contributed by atoms with E-state index in [-0.39, 0.29) is 0 Å². The second kappa shape index (κ2) is 12.5. The Bertz CT molecular complexity index is 3140. The van der Waals surface area contributed by atoms with Crippen LogP contribution in [0.5, 0.6) is 0 Å². The fourth-order valence-electron chi connectivity index (χ4n) is 7.99. The van der Waals surface area contributed by atoms with Crippen LogP contribution in [0.3, 0.4) is 0 Å². The molecular formula is C49H30N6. The molecule has 0 unspecified atom stereocenters. The molecule has 0 amide bonds. The van der Waals surface area contributed by atoms with Gasteiger partial charge in [0, 0.05) is 61.7 Å². The highest BCUT2D eigenvalue weighted by Gasteiger charge is 2.20. The number of fused-ring (bicyclic) bond motifs is 10. The van der Waals surface area contributed by atoms with Crippen molar-refractivity contribution in [3.8, 4) is 51.0 Å². The van der Waals surface area contributed by atoms with Crippen LogP contribution in [0.4, 0.5) is 0 Å². The number of hydrogen-bond donors (Lipinski definition) is 0. The molecule has 256 valence electrons. The minimum atomic E-state index is 0.638. The summed E-state index contributed by atoms with van der Waals surface area (Å²) >= 11 is 0. The van der Waals surface area contributed by atoms with Crippen molar-refractivity contribution in [2.45, 2.75) is 0 Å². The summed E-state index contributed by atoms with van der Waals surface area (Å²) in [5.74, 6) is 1.94.